The fourth-order valence-electron chi connectivity index (χ4n) is 6.93. The number of sulfone groups is 1. The molecule has 294 valence electrons. The van der Waals surface area contributed by atoms with Crippen LogP contribution in [0.25, 0.3) is 22.3 Å². The summed E-state index contributed by atoms with van der Waals surface area (Å²) in [4.78, 5) is 20.2. The molecule has 0 fully saturated rings. The minimum absolute atomic E-state index is 0.00699. The zero-order chi connectivity index (χ0) is 40.1. The fourth-order valence-corrected chi connectivity index (χ4v) is 8.54. The molecule has 14 heteroatoms. The number of carbonyl (C=O) groups is 1. The highest BCUT2D eigenvalue weighted by Gasteiger charge is 2.50. The van der Waals surface area contributed by atoms with Crippen molar-refractivity contribution in [3.05, 3.63) is 94.9 Å². The standard InChI is InChI=1S/C41H46F4N4O5S/c1-38(2,3)54-34(50)14-11-25-9-8-10-26(21-25)40(6)18-17-39(4,5)41(44,45)24-55(51,52)20-16-29-28-15-19-46-33(28)23-32(43)35(29)53-27-12-13-31(42)30(22-27)36-47-37(40)48-49(36)7/h8-10,12-13,15,19,21-23,46H,11,14,16-18,20,24H2,1-7H3. The second kappa shape index (κ2) is 14.4. The van der Waals surface area contributed by atoms with Gasteiger partial charge < -0.3 is 14.5 Å². The maximum atomic E-state index is 16.3. The zero-order valence-electron chi connectivity index (χ0n) is 32.0. The molecule has 0 radical (unpaired) electrons. The van der Waals surface area contributed by atoms with Crippen LogP contribution < -0.4 is 4.74 Å². The molecule has 4 bridgehead atoms. The summed E-state index contributed by atoms with van der Waals surface area (Å²) in [5.41, 5.74) is -1.65. The summed E-state index contributed by atoms with van der Waals surface area (Å²) in [6.45, 7) is 9.83. The van der Waals surface area contributed by atoms with Gasteiger partial charge in [0.1, 0.15) is 22.9 Å². The number of nitrogens with one attached hydrogen (secondary N) is 1. The molecule has 6 rings (SSSR count). The number of rotatable bonds is 4. The van der Waals surface area contributed by atoms with E-state index in [9.17, 15) is 13.2 Å². The number of esters is 1. The molecule has 1 aliphatic rings. The molecule has 0 saturated carbocycles. The molecule has 1 unspecified atom stereocenters. The van der Waals surface area contributed by atoms with Gasteiger partial charge in [0.05, 0.1) is 16.7 Å². The summed E-state index contributed by atoms with van der Waals surface area (Å²) in [6, 6.07) is 14.0. The molecule has 1 aliphatic heterocycles. The summed E-state index contributed by atoms with van der Waals surface area (Å²) < 4.78 is 104. The van der Waals surface area contributed by atoms with Crippen LogP contribution in [0.3, 0.4) is 0 Å². The predicted octanol–water partition coefficient (Wildman–Crippen LogP) is 9.03. The van der Waals surface area contributed by atoms with Crippen molar-refractivity contribution in [1.29, 1.82) is 0 Å². The third-order valence-electron chi connectivity index (χ3n) is 10.4. The van der Waals surface area contributed by atoms with Crippen molar-refractivity contribution in [2.45, 2.75) is 90.6 Å². The second-order valence-corrected chi connectivity index (χ2v) is 18.5. The van der Waals surface area contributed by atoms with Crippen LogP contribution in [0.1, 0.15) is 83.3 Å². The van der Waals surface area contributed by atoms with Crippen molar-refractivity contribution in [3.8, 4) is 22.9 Å². The van der Waals surface area contributed by atoms with Crippen molar-refractivity contribution in [3.63, 3.8) is 0 Å². The van der Waals surface area contributed by atoms with Gasteiger partial charge in [-0.15, -0.1) is 0 Å². The van der Waals surface area contributed by atoms with Gasteiger partial charge in [0.2, 0.25) is 0 Å². The van der Waals surface area contributed by atoms with Crippen molar-refractivity contribution in [2.24, 2.45) is 12.5 Å². The highest BCUT2D eigenvalue weighted by atomic mass is 32.2. The lowest BCUT2D eigenvalue weighted by atomic mass is 9.71. The maximum Gasteiger partial charge on any atom is 0.306 e. The lowest BCUT2D eigenvalue weighted by Gasteiger charge is -2.37. The van der Waals surface area contributed by atoms with Gasteiger partial charge in [-0.2, -0.15) is 5.10 Å². The number of aromatic amines is 1. The number of ether oxygens (including phenoxy) is 2. The van der Waals surface area contributed by atoms with E-state index >= 15 is 17.6 Å². The van der Waals surface area contributed by atoms with E-state index in [1.165, 1.54) is 36.7 Å². The Bertz CT molecular complexity index is 2360. The van der Waals surface area contributed by atoms with Crippen LogP contribution in [0.2, 0.25) is 0 Å². The van der Waals surface area contributed by atoms with E-state index < -0.39 is 55.3 Å². The normalized spacial score (nSPS) is 19.8. The number of aromatic nitrogens is 4. The SMILES string of the molecule is Cn1nc2nc1-c1cc(ccc1F)Oc1c(F)cc3[nH]ccc3c1CCS(=O)(=O)CC(F)(F)C(C)(C)CCC2(C)c1cccc(CCC(=O)OC(C)(C)C)c1. The quantitative estimate of drug-likeness (QED) is 0.143. The van der Waals surface area contributed by atoms with Crippen LogP contribution >= 0.6 is 0 Å². The Morgan fingerprint density at radius 3 is 2.49 bits per heavy atom. The number of nitrogens with zero attached hydrogens (tertiary/aromatic N) is 3. The number of benzene rings is 3. The van der Waals surface area contributed by atoms with Gasteiger partial charge in [0.25, 0.3) is 5.92 Å². The summed E-state index contributed by atoms with van der Waals surface area (Å²) in [6.07, 6.45) is 1.59. The molecule has 5 aromatic rings. The van der Waals surface area contributed by atoms with Gasteiger partial charge in [0.15, 0.2) is 33.1 Å². The van der Waals surface area contributed by atoms with Gasteiger partial charge in [-0.05, 0) is 88.8 Å². The second-order valence-electron chi connectivity index (χ2n) is 16.3. The molecule has 3 heterocycles. The Labute approximate surface area is 318 Å². The van der Waals surface area contributed by atoms with Crippen LogP contribution in [0.15, 0.2) is 60.8 Å². The van der Waals surface area contributed by atoms with Crippen LogP contribution in [0.5, 0.6) is 11.5 Å². The first-order valence-electron chi connectivity index (χ1n) is 18.1. The molecular weight excluding hydrogens is 737 g/mol. The first-order chi connectivity index (χ1) is 25.6. The van der Waals surface area contributed by atoms with E-state index in [2.05, 4.69) is 4.98 Å². The minimum Gasteiger partial charge on any atom is -0.460 e. The molecule has 0 aliphatic carbocycles. The first-order valence-corrected chi connectivity index (χ1v) is 20.0. The third kappa shape index (κ3) is 8.44. The largest absolute Gasteiger partial charge is 0.460 e. The van der Waals surface area contributed by atoms with E-state index in [-0.39, 0.29) is 65.9 Å². The molecule has 9 nitrogen and oxygen atoms in total. The third-order valence-corrected chi connectivity index (χ3v) is 12.1. The van der Waals surface area contributed by atoms with Crippen molar-refractivity contribution >= 4 is 26.7 Å². The van der Waals surface area contributed by atoms with Crippen LogP contribution in [-0.2, 0) is 44.7 Å². The van der Waals surface area contributed by atoms with Gasteiger partial charge in [0, 0.05) is 47.6 Å². The lowest BCUT2D eigenvalue weighted by Crippen LogP contribution is -2.44. The predicted molar refractivity (Wildman–Crippen MR) is 202 cm³/mol. The summed E-state index contributed by atoms with van der Waals surface area (Å²) in [5.74, 6) is -7.59. The number of hydrogen-bond acceptors (Lipinski definition) is 7. The van der Waals surface area contributed by atoms with E-state index in [1.54, 1.807) is 53.1 Å². The molecule has 0 amide bonds. The van der Waals surface area contributed by atoms with Gasteiger partial charge >= 0.3 is 5.97 Å². The van der Waals surface area contributed by atoms with Gasteiger partial charge in [-0.3, -0.25) is 4.79 Å². The van der Waals surface area contributed by atoms with E-state index in [0.717, 1.165) is 11.6 Å². The topological polar surface area (TPSA) is 116 Å². The molecule has 1 N–H and O–H groups in total. The first kappa shape index (κ1) is 40.0. The van der Waals surface area contributed by atoms with Crippen LogP contribution in [0, 0.1) is 17.0 Å². The van der Waals surface area contributed by atoms with Crippen LogP contribution in [0.4, 0.5) is 17.6 Å². The van der Waals surface area contributed by atoms with Crippen molar-refractivity contribution in [2.75, 3.05) is 11.5 Å². The Balaban J connectivity index is 1.49. The minimum atomic E-state index is -4.41. The monoisotopic (exact) mass is 782 g/mol. The summed E-state index contributed by atoms with van der Waals surface area (Å²) >= 11 is 0. The number of H-pyrrole nitrogens is 1. The number of fused-ring (bicyclic) bond motifs is 8. The number of halogens is 4. The maximum absolute atomic E-state index is 16.3. The Kier molecular flexibility index (Phi) is 10.5. The van der Waals surface area contributed by atoms with Crippen molar-refractivity contribution < 1.29 is 40.2 Å². The summed E-state index contributed by atoms with van der Waals surface area (Å²) in [5, 5.41) is 5.16. The van der Waals surface area contributed by atoms with E-state index in [4.69, 9.17) is 19.6 Å². The average molecular weight is 783 g/mol. The number of aryl methyl sites for hydroxylation is 3. The molecule has 2 aromatic heterocycles. The number of hydrogen-bond donors (Lipinski definition) is 1. The van der Waals surface area contributed by atoms with E-state index in [0.29, 0.717) is 22.9 Å². The molecule has 0 saturated heterocycles. The van der Waals surface area contributed by atoms with Crippen LogP contribution in [-0.4, -0.2) is 57.2 Å². The molecule has 1 atom stereocenters. The molecule has 3 aromatic carbocycles. The van der Waals surface area contributed by atoms with Gasteiger partial charge in [-0.1, -0.05) is 38.1 Å². The number of carbonyl (C=O) groups excluding carboxylic acids is 1. The Hall–Kier alpha value is -4.72. The average Bonchev–Trinajstić information content (AvgIpc) is 3.72. The highest BCUT2D eigenvalue weighted by Crippen LogP contribution is 2.46. The van der Waals surface area contributed by atoms with Crippen molar-refractivity contribution in [1.82, 2.24) is 19.7 Å². The smallest absolute Gasteiger partial charge is 0.306 e. The fraction of sp³-hybridized carbons (Fsp3) is 0.439. The molecule has 55 heavy (non-hydrogen) atoms. The van der Waals surface area contributed by atoms with E-state index in [1.807, 2.05) is 18.2 Å². The lowest BCUT2D eigenvalue weighted by molar-refractivity contribution is -0.154. The Morgan fingerprint density at radius 2 is 1.76 bits per heavy atom. The Morgan fingerprint density at radius 1 is 1.02 bits per heavy atom. The zero-order valence-corrected chi connectivity index (χ0v) is 32.8. The molecular formula is C41H46F4N4O5S. The summed E-state index contributed by atoms with van der Waals surface area (Å²) in [7, 11) is -2.83. The van der Waals surface area contributed by atoms with Gasteiger partial charge in [-0.25, -0.2) is 35.6 Å². The number of alkyl halides is 2. The highest BCUT2D eigenvalue weighted by molar-refractivity contribution is 7.91. The molecule has 0 spiro atoms.